The SMILES string of the molecule is CCCCCCS(=O)(=O)C[C@H]1[C@@H](C(=O)C=CCCCC(=O)O)[C@H]2CC[C@@H]1S2. The Morgan fingerprint density at radius 3 is 2.56 bits per heavy atom. The zero-order valence-electron chi connectivity index (χ0n) is 16.1. The highest BCUT2D eigenvalue weighted by Gasteiger charge is 2.51. The zero-order chi connectivity index (χ0) is 19.9. The van der Waals surface area contributed by atoms with Crippen molar-refractivity contribution in [1.82, 2.24) is 0 Å². The van der Waals surface area contributed by atoms with Crippen LogP contribution in [0.2, 0.25) is 0 Å². The van der Waals surface area contributed by atoms with Crippen LogP contribution in [0, 0.1) is 11.8 Å². The van der Waals surface area contributed by atoms with Crippen LogP contribution in [0.4, 0.5) is 0 Å². The average Bonchev–Trinajstić information content (AvgIpc) is 3.19. The third-order valence-electron chi connectivity index (χ3n) is 5.55. The summed E-state index contributed by atoms with van der Waals surface area (Å²) in [5.41, 5.74) is 0. The topological polar surface area (TPSA) is 88.5 Å². The van der Waals surface area contributed by atoms with E-state index in [0.717, 1.165) is 32.1 Å². The Balaban J connectivity index is 1.91. The fourth-order valence-electron chi connectivity index (χ4n) is 4.19. The fourth-order valence-corrected chi connectivity index (χ4v) is 8.11. The molecule has 0 amide bonds. The van der Waals surface area contributed by atoms with Crippen LogP contribution in [-0.4, -0.2) is 47.3 Å². The van der Waals surface area contributed by atoms with Gasteiger partial charge in [-0.3, -0.25) is 9.59 Å². The first kappa shape index (κ1) is 22.5. The lowest BCUT2D eigenvalue weighted by Gasteiger charge is -2.27. The quantitative estimate of drug-likeness (QED) is 0.362. The minimum atomic E-state index is -3.13. The van der Waals surface area contributed by atoms with Crippen LogP contribution < -0.4 is 0 Å². The van der Waals surface area contributed by atoms with E-state index in [9.17, 15) is 18.0 Å². The van der Waals surface area contributed by atoms with Crippen LogP contribution >= 0.6 is 11.8 Å². The summed E-state index contributed by atoms with van der Waals surface area (Å²) in [6.07, 6.45) is 10.3. The van der Waals surface area contributed by atoms with Crippen LogP contribution in [0.3, 0.4) is 0 Å². The summed E-state index contributed by atoms with van der Waals surface area (Å²) >= 11 is 1.80. The molecule has 7 heteroatoms. The first-order chi connectivity index (χ1) is 12.8. The van der Waals surface area contributed by atoms with Crippen LogP contribution in [-0.2, 0) is 19.4 Å². The van der Waals surface area contributed by atoms with E-state index in [0.29, 0.717) is 19.3 Å². The van der Waals surface area contributed by atoms with Crippen molar-refractivity contribution in [3.63, 3.8) is 0 Å². The molecule has 1 N–H and O–H groups in total. The molecule has 0 aromatic rings. The number of ketones is 1. The Kier molecular flexibility index (Phi) is 8.86. The summed E-state index contributed by atoms with van der Waals surface area (Å²) in [4.78, 5) is 23.2. The maximum Gasteiger partial charge on any atom is 0.303 e. The van der Waals surface area contributed by atoms with Gasteiger partial charge in [0, 0.05) is 22.8 Å². The number of aliphatic carboxylic acids is 1. The number of carbonyl (C=O) groups is 2. The molecule has 0 aromatic heterocycles. The molecule has 2 saturated heterocycles. The Morgan fingerprint density at radius 2 is 1.85 bits per heavy atom. The van der Waals surface area contributed by atoms with E-state index in [1.54, 1.807) is 23.9 Å². The molecule has 154 valence electrons. The van der Waals surface area contributed by atoms with Crippen molar-refractivity contribution >= 4 is 33.4 Å². The second-order valence-corrected chi connectivity index (χ2v) is 11.5. The summed E-state index contributed by atoms with van der Waals surface area (Å²) < 4.78 is 25.1. The number of hydrogen-bond acceptors (Lipinski definition) is 5. The molecule has 27 heavy (non-hydrogen) atoms. The van der Waals surface area contributed by atoms with Crippen LogP contribution in [0.1, 0.15) is 64.7 Å². The van der Waals surface area contributed by atoms with Gasteiger partial charge >= 0.3 is 5.97 Å². The maximum atomic E-state index is 12.7. The minimum Gasteiger partial charge on any atom is -0.481 e. The Hall–Kier alpha value is -0.820. The molecule has 2 bridgehead atoms. The standard InChI is InChI=1S/C20H32O5S2/c1-2-3-4-8-13-27(24,25)14-15-17-11-12-18(26-17)20(15)16(21)9-6-5-7-10-19(22)23/h6,9,15,17-18,20H,2-5,7-8,10-14H2,1H3,(H,22,23)/t15-,17+,18-,20+/m1/s1. The second kappa shape index (κ2) is 10.6. The number of rotatable bonds is 13. The normalized spacial score (nSPS) is 27.4. The second-order valence-electron chi connectivity index (χ2n) is 7.75. The number of unbranched alkanes of at least 4 members (excludes halogenated alkanes) is 4. The van der Waals surface area contributed by atoms with Crippen LogP contribution in [0.25, 0.3) is 0 Å². The number of carboxylic acid groups (broad SMARTS) is 1. The van der Waals surface area contributed by atoms with Crippen molar-refractivity contribution in [2.45, 2.75) is 75.2 Å². The molecule has 0 saturated carbocycles. The van der Waals surface area contributed by atoms with Gasteiger partial charge in [-0.15, -0.1) is 0 Å². The molecule has 2 rings (SSSR count). The molecular weight excluding hydrogens is 384 g/mol. The average molecular weight is 417 g/mol. The van der Waals surface area contributed by atoms with Gasteiger partial charge in [-0.1, -0.05) is 32.3 Å². The fraction of sp³-hybridized carbons (Fsp3) is 0.800. The third-order valence-corrected chi connectivity index (χ3v) is 9.17. The van der Waals surface area contributed by atoms with Crippen LogP contribution in [0.15, 0.2) is 12.2 Å². The van der Waals surface area contributed by atoms with Gasteiger partial charge in [0.25, 0.3) is 0 Å². The van der Waals surface area contributed by atoms with E-state index in [-0.39, 0.29) is 46.0 Å². The maximum absolute atomic E-state index is 12.7. The largest absolute Gasteiger partial charge is 0.481 e. The summed E-state index contributed by atoms with van der Waals surface area (Å²) in [5, 5.41) is 9.18. The zero-order valence-corrected chi connectivity index (χ0v) is 17.8. The van der Waals surface area contributed by atoms with Gasteiger partial charge in [-0.2, -0.15) is 11.8 Å². The van der Waals surface area contributed by atoms with E-state index in [2.05, 4.69) is 6.92 Å². The van der Waals surface area contributed by atoms with Crippen molar-refractivity contribution in [1.29, 1.82) is 0 Å². The Labute approximate surface area is 167 Å². The minimum absolute atomic E-state index is 0.0243. The van der Waals surface area contributed by atoms with Crippen LogP contribution in [0.5, 0.6) is 0 Å². The molecule has 0 unspecified atom stereocenters. The summed E-state index contributed by atoms with van der Waals surface area (Å²) in [6, 6.07) is 0. The Morgan fingerprint density at radius 1 is 1.11 bits per heavy atom. The highest BCUT2D eigenvalue weighted by molar-refractivity contribution is 8.01. The van der Waals surface area contributed by atoms with E-state index in [1.807, 2.05) is 0 Å². The number of thioether (sulfide) groups is 1. The lowest BCUT2D eigenvalue weighted by Crippen LogP contribution is -2.37. The lowest BCUT2D eigenvalue weighted by atomic mass is 9.78. The molecule has 5 nitrogen and oxygen atoms in total. The molecule has 0 aliphatic carbocycles. The highest BCUT2D eigenvalue weighted by Crippen LogP contribution is 2.53. The van der Waals surface area contributed by atoms with Crippen molar-refractivity contribution < 1.29 is 23.1 Å². The van der Waals surface area contributed by atoms with Gasteiger partial charge in [0.15, 0.2) is 15.6 Å². The number of fused-ring (bicyclic) bond motifs is 2. The van der Waals surface area contributed by atoms with Gasteiger partial charge in [-0.05, 0) is 44.1 Å². The van der Waals surface area contributed by atoms with Crippen molar-refractivity contribution in [3.05, 3.63) is 12.2 Å². The van der Waals surface area contributed by atoms with Gasteiger partial charge in [0.2, 0.25) is 0 Å². The molecule has 2 fully saturated rings. The summed E-state index contributed by atoms with van der Waals surface area (Å²) in [5.74, 6) is -0.704. The number of carbonyl (C=O) groups excluding carboxylic acids is 1. The molecule has 2 heterocycles. The molecule has 0 radical (unpaired) electrons. The first-order valence-electron chi connectivity index (χ1n) is 10.1. The van der Waals surface area contributed by atoms with Crippen molar-refractivity contribution in [3.8, 4) is 0 Å². The Bertz CT molecular complexity index is 641. The lowest BCUT2D eigenvalue weighted by molar-refractivity contribution is -0.137. The highest BCUT2D eigenvalue weighted by atomic mass is 32.2. The molecule has 2 aliphatic heterocycles. The van der Waals surface area contributed by atoms with Gasteiger partial charge < -0.3 is 5.11 Å². The van der Waals surface area contributed by atoms with Gasteiger partial charge in [-0.25, -0.2) is 8.42 Å². The number of carboxylic acids is 1. The van der Waals surface area contributed by atoms with E-state index < -0.39 is 15.8 Å². The molecule has 0 spiro atoms. The molecule has 4 atom stereocenters. The predicted octanol–water partition coefficient (Wildman–Crippen LogP) is 3.87. The summed E-state index contributed by atoms with van der Waals surface area (Å²) in [6.45, 7) is 2.10. The number of hydrogen-bond donors (Lipinski definition) is 1. The molecule has 2 aliphatic rings. The van der Waals surface area contributed by atoms with Gasteiger partial charge in [0.05, 0.1) is 11.5 Å². The van der Waals surface area contributed by atoms with E-state index in [1.165, 1.54) is 0 Å². The van der Waals surface area contributed by atoms with E-state index >= 15 is 0 Å². The predicted molar refractivity (Wildman–Crippen MR) is 110 cm³/mol. The van der Waals surface area contributed by atoms with E-state index in [4.69, 9.17) is 5.11 Å². The van der Waals surface area contributed by atoms with Gasteiger partial charge in [0.1, 0.15) is 0 Å². The smallest absolute Gasteiger partial charge is 0.303 e. The molecular formula is C20H32O5S2. The van der Waals surface area contributed by atoms with Crippen molar-refractivity contribution in [2.24, 2.45) is 11.8 Å². The number of allylic oxidation sites excluding steroid dienone is 2. The molecule has 0 aromatic carbocycles. The number of sulfone groups is 1. The first-order valence-corrected chi connectivity index (χ1v) is 12.9. The monoisotopic (exact) mass is 416 g/mol. The van der Waals surface area contributed by atoms with Crippen molar-refractivity contribution in [2.75, 3.05) is 11.5 Å². The third kappa shape index (κ3) is 6.93. The summed E-state index contributed by atoms with van der Waals surface area (Å²) in [7, 11) is -3.13.